The molecule has 3 heteroatoms. The number of hydrogen-bond donors (Lipinski definition) is 0. The highest BCUT2D eigenvalue weighted by Gasteiger charge is 2.31. The molecule has 1 aromatic carbocycles. The van der Waals surface area contributed by atoms with Crippen molar-refractivity contribution >= 4 is 0 Å². The predicted octanol–water partition coefficient (Wildman–Crippen LogP) is 3.92. The van der Waals surface area contributed by atoms with E-state index in [9.17, 15) is 4.39 Å². The number of halogens is 1. The molecule has 0 saturated heterocycles. The summed E-state index contributed by atoms with van der Waals surface area (Å²) in [6.07, 6.45) is 3.70. The Morgan fingerprint density at radius 3 is 2.83 bits per heavy atom. The number of hydrogen-bond acceptors (Lipinski definition) is 2. The van der Waals surface area contributed by atoms with Gasteiger partial charge in [-0.2, -0.15) is 5.26 Å². The van der Waals surface area contributed by atoms with Crippen LogP contribution in [0.15, 0.2) is 24.3 Å². The van der Waals surface area contributed by atoms with Crippen LogP contribution < -0.4 is 4.74 Å². The molecule has 96 valence electrons. The van der Waals surface area contributed by atoms with Crippen LogP contribution in [0.1, 0.15) is 32.6 Å². The molecule has 0 radical (unpaired) electrons. The van der Waals surface area contributed by atoms with Crippen molar-refractivity contribution in [2.24, 2.45) is 11.8 Å². The number of ether oxygens (including phenoxy) is 1. The minimum Gasteiger partial charge on any atom is -0.486 e. The molecule has 0 amide bonds. The first-order chi connectivity index (χ1) is 8.74. The second kappa shape index (κ2) is 5.86. The van der Waals surface area contributed by atoms with Crippen molar-refractivity contribution in [2.75, 3.05) is 0 Å². The Hall–Kier alpha value is -1.56. The highest BCUT2D eigenvalue weighted by atomic mass is 19.1. The Bertz CT molecular complexity index is 440. The van der Waals surface area contributed by atoms with Crippen molar-refractivity contribution in [3.63, 3.8) is 0 Å². The van der Waals surface area contributed by atoms with Gasteiger partial charge in [0.25, 0.3) is 0 Å². The van der Waals surface area contributed by atoms with Gasteiger partial charge in [0.05, 0.1) is 12.0 Å². The Morgan fingerprint density at radius 2 is 2.17 bits per heavy atom. The highest BCUT2D eigenvalue weighted by molar-refractivity contribution is 5.24. The molecule has 3 atom stereocenters. The number of nitrogens with zero attached hydrogens (tertiary/aromatic N) is 1. The fourth-order valence-electron chi connectivity index (χ4n) is 2.56. The van der Waals surface area contributed by atoms with E-state index in [-0.39, 0.29) is 23.6 Å². The van der Waals surface area contributed by atoms with Gasteiger partial charge in [-0.3, -0.25) is 0 Å². The van der Waals surface area contributed by atoms with Crippen LogP contribution in [0.4, 0.5) is 4.39 Å². The fourth-order valence-corrected chi connectivity index (χ4v) is 2.56. The number of nitriles is 1. The van der Waals surface area contributed by atoms with Crippen molar-refractivity contribution in [1.29, 1.82) is 5.26 Å². The second-order valence-electron chi connectivity index (χ2n) is 4.91. The molecule has 3 unspecified atom stereocenters. The molecular formula is C15H18FNO. The lowest BCUT2D eigenvalue weighted by molar-refractivity contribution is 0.0854. The van der Waals surface area contributed by atoms with Gasteiger partial charge in [-0.25, -0.2) is 4.39 Å². The van der Waals surface area contributed by atoms with E-state index in [1.165, 1.54) is 6.07 Å². The third kappa shape index (κ3) is 2.81. The first kappa shape index (κ1) is 12.9. The summed E-state index contributed by atoms with van der Waals surface area (Å²) in [4.78, 5) is 0. The molecule has 1 aliphatic rings. The van der Waals surface area contributed by atoms with Gasteiger partial charge < -0.3 is 4.74 Å². The molecule has 1 saturated carbocycles. The Morgan fingerprint density at radius 1 is 1.39 bits per heavy atom. The van der Waals surface area contributed by atoms with E-state index in [0.29, 0.717) is 5.92 Å². The lowest BCUT2D eigenvalue weighted by Crippen LogP contribution is -2.33. The summed E-state index contributed by atoms with van der Waals surface area (Å²) in [6.45, 7) is 2.15. The largest absolute Gasteiger partial charge is 0.486 e. The number of benzene rings is 1. The van der Waals surface area contributed by atoms with Gasteiger partial charge in [0.1, 0.15) is 6.10 Å². The lowest BCUT2D eigenvalue weighted by Gasteiger charge is -2.32. The van der Waals surface area contributed by atoms with Crippen molar-refractivity contribution in [3.8, 4) is 11.8 Å². The van der Waals surface area contributed by atoms with E-state index in [1.807, 2.05) is 0 Å². The van der Waals surface area contributed by atoms with Gasteiger partial charge >= 0.3 is 0 Å². The molecule has 2 nitrogen and oxygen atoms in total. The number of rotatable bonds is 3. The smallest absolute Gasteiger partial charge is 0.165 e. The van der Waals surface area contributed by atoms with Crippen LogP contribution in [-0.4, -0.2) is 6.10 Å². The van der Waals surface area contributed by atoms with Crippen LogP contribution >= 0.6 is 0 Å². The fraction of sp³-hybridized carbons (Fsp3) is 0.533. The Labute approximate surface area is 107 Å². The van der Waals surface area contributed by atoms with Crippen molar-refractivity contribution in [1.82, 2.24) is 0 Å². The molecular weight excluding hydrogens is 229 g/mol. The minimum atomic E-state index is -0.354. The van der Waals surface area contributed by atoms with E-state index < -0.39 is 0 Å². The summed E-state index contributed by atoms with van der Waals surface area (Å²) in [5.41, 5.74) is 0. The maximum atomic E-state index is 13.5. The molecule has 0 heterocycles. The second-order valence-corrected chi connectivity index (χ2v) is 4.91. The van der Waals surface area contributed by atoms with Crippen LogP contribution in [0.25, 0.3) is 0 Å². The summed E-state index contributed by atoms with van der Waals surface area (Å²) in [7, 11) is 0. The molecule has 0 bridgehead atoms. The maximum absolute atomic E-state index is 13.5. The van der Waals surface area contributed by atoms with Crippen molar-refractivity contribution < 1.29 is 9.13 Å². The predicted molar refractivity (Wildman–Crippen MR) is 67.6 cm³/mol. The van der Waals surface area contributed by atoms with Crippen LogP contribution in [0.3, 0.4) is 0 Å². The van der Waals surface area contributed by atoms with Gasteiger partial charge in [0.15, 0.2) is 11.6 Å². The molecule has 1 aromatic rings. The molecule has 2 rings (SSSR count). The summed E-state index contributed by atoms with van der Waals surface area (Å²) in [5.74, 6) is 0.381. The summed E-state index contributed by atoms with van der Waals surface area (Å²) < 4.78 is 19.3. The molecule has 0 aromatic heterocycles. The molecule has 1 fully saturated rings. The van der Waals surface area contributed by atoms with Gasteiger partial charge in [0.2, 0.25) is 0 Å². The van der Waals surface area contributed by atoms with Crippen LogP contribution in [0.5, 0.6) is 5.75 Å². The average molecular weight is 247 g/mol. The van der Waals surface area contributed by atoms with E-state index in [4.69, 9.17) is 10.00 Å². The highest BCUT2D eigenvalue weighted by Crippen LogP contribution is 2.33. The van der Waals surface area contributed by atoms with Crippen LogP contribution in [0.2, 0.25) is 0 Å². The van der Waals surface area contributed by atoms with E-state index >= 15 is 0 Å². The lowest BCUT2D eigenvalue weighted by atomic mass is 9.79. The minimum absolute atomic E-state index is 0.118. The summed E-state index contributed by atoms with van der Waals surface area (Å²) in [5, 5.41) is 9.14. The number of para-hydroxylation sites is 1. The van der Waals surface area contributed by atoms with E-state index in [2.05, 4.69) is 13.0 Å². The maximum Gasteiger partial charge on any atom is 0.165 e. The monoisotopic (exact) mass is 247 g/mol. The normalized spacial score (nSPS) is 27.5. The summed E-state index contributed by atoms with van der Waals surface area (Å²) >= 11 is 0. The Kier molecular flexibility index (Phi) is 4.19. The van der Waals surface area contributed by atoms with Gasteiger partial charge in [-0.15, -0.1) is 0 Å². The van der Waals surface area contributed by atoms with Crippen molar-refractivity contribution in [3.05, 3.63) is 30.1 Å². The Balaban J connectivity index is 2.10. The third-order valence-electron chi connectivity index (χ3n) is 3.76. The van der Waals surface area contributed by atoms with E-state index in [0.717, 1.165) is 25.7 Å². The molecule has 1 aliphatic carbocycles. The SMILES string of the molecule is CCC1CCC(C#N)C(Oc2ccccc2F)C1. The first-order valence-corrected chi connectivity index (χ1v) is 6.55. The molecule has 0 N–H and O–H groups in total. The first-order valence-electron chi connectivity index (χ1n) is 6.55. The van der Waals surface area contributed by atoms with Gasteiger partial charge in [0, 0.05) is 0 Å². The molecule has 0 spiro atoms. The topological polar surface area (TPSA) is 33.0 Å². The van der Waals surface area contributed by atoms with E-state index in [1.54, 1.807) is 18.2 Å². The standard InChI is InChI=1S/C15H18FNO/c1-2-11-7-8-12(10-17)15(9-11)18-14-6-4-3-5-13(14)16/h3-6,11-12,15H,2,7-9H2,1H3. The van der Waals surface area contributed by atoms with Crippen LogP contribution in [0, 0.1) is 29.0 Å². The molecule has 0 aliphatic heterocycles. The van der Waals surface area contributed by atoms with Crippen molar-refractivity contribution in [2.45, 2.75) is 38.7 Å². The molecule has 18 heavy (non-hydrogen) atoms. The van der Waals surface area contributed by atoms with Gasteiger partial charge in [-0.1, -0.05) is 25.5 Å². The van der Waals surface area contributed by atoms with Gasteiger partial charge in [-0.05, 0) is 37.3 Å². The third-order valence-corrected chi connectivity index (χ3v) is 3.76. The quantitative estimate of drug-likeness (QED) is 0.811. The average Bonchev–Trinajstić information content (AvgIpc) is 2.41. The zero-order valence-corrected chi connectivity index (χ0v) is 10.6. The van der Waals surface area contributed by atoms with Crippen LogP contribution in [-0.2, 0) is 0 Å². The summed E-state index contributed by atoms with van der Waals surface area (Å²) in [6, 6.07) is 8.69. The zero-order chi connectivity index (χ0) is 13.0. The zero-order valence-electron chi connectivity index (χ0n) is 10.6.